The minimum Gasteiger partial charge on any atom is -0.326 e. The van der Waals surface area contributed by atoms with Gasteiger partial charge in [-0.15, -0.1) is 4.40 Å². The molecule has 1 aliphatic heterocycles. The van der Waals surface area contributed by atoms with E-state index in [-0.39, 0.29) is 22.6 Å². The van der Waals surface area contributed by atoms with E-state index < -0.39 is 10.0 Å². The predicted molar refractivity (Wildman–Crippen MR) is 113 cm³/mol. The quantitative estimate of drug-likeness (QED) is 0.799. The van der Waals surface area contributed by atoms with Crippen LogP contribution >= 0.6 is 0 Å². The molecule has 0 radical (unpaired) electrons. The van der Waals surface area contributed by atoms with Crippen LogP contribution < -0.4 is 10.2 Å². The zero-order valence-corrected chi connectivity index (χ0v) is 17.3. The monoisotopic (exact) mass is 399 g/mol. The second-order valence-corrected chi connectivity index (χ2v) is 8.80. The Bertz CT molecular complexity index is 1010. The van der Waals surface area contributed by atoms with Crippen LogP contribution in [0.5, 0.6) is 0 Å². The van der Waals surface area contributed by atoms with E-state index in [1.165, 1.54) is 6.07 Å². The molecule has 0 aromatic heterocycles. The Balaban J connectivity index is 2.16. The molecule has 1 amide bonds. The van der Waals surface area contributed by atoms with E-state index in [9.17, 15) is 13.2 Å². The van der Waals surface area contributed by atoms with E-state index in [1.807, 2.05) is 49.1 Å². The normalized spacial score (nSPS) is 16.3. The third-order valence-corrected chi connectivity index (χ3v) is 6.09. The molecule has 0 bridgehead atoms. The van der Waals surface area contributed by atoms with Crippen molar-refractivity contribution >= 4 is 38.8 Å². The number of anilines is 3. The van der Waals surface area contributed by atoms with E-state index in [1.54, 1.807) is 26.0 Å². The number of amidine groups is 1. The van der Waals surface area contributed by atoms with Crippen molar-refractivity contribution in [1.29, 1.82) is 0 Å². The maximum atomic E-state index is 12.9. The fourth-order valence-corrected chi connectivity index (χ4v) is 4.25. The highest BCUT2D eigenvalue weighted by Gasteiger charge is 2.34. The zero-order chi connectivity index (χ0) is 20.5. The fraction of sp³-hybridized carbons (Fsp3) is 0.333. The van der Waals surface area contributed by atoms with Gasteiger partial charge in [0.05, 0.1) is 5.69 Å². The summed E-state index contributed by atoms with van der Waals surface area (Å²) in [5, 5.41) is 2.76. The highest BCUT2D eigenvalue weighted by atomic mass is 32.2. The number of fused-ring (bicyclic) bond motifs is 1. The topological polar surface area (TPSA) is 78.8 Å². The van der Waals surface area contributed by atoms with Gasteiger partial charge in [-0.05, 0) is 36.8 Å². The number of carbonyl (C=O) groups is 1. The van der Waals surface area contributed by atoms with Crippen molar-refractivity contribution in [3.63, 3.8) is 0 Å². The van der Waals surface area contributed by atoms with Crippen molar-refractivity contribution in [2.24, 2.45) is 16.2 Å². The molecule has 1 aliphatic rings. The van der Waals surface area contributed by atoms with Gasteiger partial charge in [-0.1, -0.05) is 45.9 Å². The van der Waals surface area contributed by atoms with E-state index in [0.29, 0.717) is 17.2 Å². The Morgan fingerprint density at radius 2 is 1.79 bits per heavy atom. The van der Waals surface area contributed by atoms with Gasteiger partial charge in [0.15, 0.2) is 0 Å². The van der Waals surface area contributed by atoms with Gasteiger partial charge in [0, 0.05) is 23.2 Å². The number of nitrogens with zero attached hydrogens (tertiary/aromatic N) is 2. The van der Waals surface area contributed by atoms with Crippen molar-refractivity contribution < 1.29 is 13.2 Å². The number of nitrogens with one attached hydrogen (secondary N) is 1. The number of rotatable bonds is 5. The van der Waals surface area contributed by atoms with Crippen LogP contribution in [0.15, 0.2) is 57.8 Å². The summed E-state index contributed by atoms with van der Waals surface area (Å²) in [6.45, 7) is 7.53. The molecule has 0 saturated carbocycles. The summed E-state index contributed by atoms with van der Waals surface area (Å²) in [5.41, 5.74) is 1.83. The first-order chi connectivity index (χ1) is 13.2. The molecule has 2 aromatic carbocycles. The first kappa shape index (κ1) is 20.1. The average molecular weight is 400 g/mol. The average Bonchev–Trinajstić information content (AvgIpc) is 2.67. The third kappa shape index (κ3) is 3.80. The van der Waals surface area contributed by atoms with Gasteiger partial charge in [0.2, 0.25) is 5.91 Å². The maximum absolute atomic E-state index is 12.9. The van der Waals surface area contributed by atoms with Crippen molar-refractivity contribution in [3.05, 3.63) is 48.5 Å². The van der Waals surface area contributed by atoms with Crippen molar-refractivity contribution in [2.75, 3.05) is 10.2 Å². The highest BCUT2D eigenvalue weighted by molar-refractivity contribution is 7.90. The number of benzene rings is 2. The highest BCUT2D eigenvalue weighted by Crippen LogP contribution is 2.39. The summed E-state index contributed by atoms with van der Waals surface area (Å²) in [7, 11) is -3.87. The van der Waals surface area contributed by atoms with E-state index in [4.69, 9.17) is 0 Å². The number of sulfonamides is 1. The molecule has 0 fully saturated rings. The largest absolute Gasteiger partial charge is 0.326 e. The predicted octanol–water partition coefficient (Wildman–Crippen LogP) is 4.57. The van der Waals surface area contributed by atoms with Gasteiger partial charge < -0.3 is 5.32 Å². The smallest absolute Gasteiger partial charge is 0.286 e. The molecule has 28 heavy (non-hydrogen) atoms. The molecule has 0 saturated heterocycles. The molecule has 1 atom stereocenters. The molecule has 1 heterocycles. The molecule has 6 nitrogen and oxygen atoms in total. The van der Waals surface area contributed by atoms with Crippen LogP contribution in [-0.4, -0.2) is 20.2 Å². The lowest BCUT2D eigenvalue weighted by atomic mass is 10.1. The van der Waals surface area contributed by atoms with Crippen LogP contribution in [0.3, 0.4) is 0 Å². The fourth-order valence-electron chi connectivity index (χ4n) is 2.95. The first-order valence-corrected chi connectivity index (χ1v) is 10.8. The minimum absolute atomic E-state index is 0.0385. The number of para-hydroxylation sites is 1. The summed E-state index contributed by atoms with van der Waals surface area (Å²) in [5.74, 6) is 0.0870. The van der Waals surface area contributed by atoms with E-state index in [2.05, 4.69) is 9.71 Å². The molecule has 148 valence electrons. The summed E-state index contributed by atoms with van der Waals surface area (Å²) in [6, 6.07) is 14.5. The standard InChI is InChI=1S/C21H25N3O3S/c1-5-15(4)20-23-28(26,27)19-13-16(22-21(25)14(2)3)11-12-18(19)24(20)17-9-7-6-8-10-17/h6-15H,5H2,1-4H3,(H,22,25). The van der Waals surface area contributed by atoms with Crippen LogP contribution in [-0.2, 0) is 14.8 Å². The van der Waals surface area contributed by atoms with Crippen LogP contribution in [0.2, 0.25) is 0 Å². The molecule has 0 spiro atoms. The molecule has 2 aromatic rings. The number of hydrogen-bond acceptors (Lipinski definition) is 4. The third-order valence-electron chi connectivity index (χ3n) is 4.78. The molecule has 3 rings (SSSR count). The maximum Gasteiger partial charge on any atom is 0.286 e. The first-order valence-electron chi connectivity index (χ1n) is 9.39. The SMILES string of the molecule is CCC(C)C1=NS(=O)(=O)c2cc(NC(=O)C(C)C)ccc2N1c1ccccc1. The Morgan fingerprint density at radius 3 is 2.39 bits per heavy atom. The lowest BCUT2D eigenvalue weighted by molar-refractivity contribution is -0.118. The number of hydrogen-bond donors (Lipinski definition) is 1. The van der Waals surface area contributed by atoms with Gasteiger partial charge in [0.1, 0.15) is 10.7 Å². The Kier molecular flexibility index (Phi) is 5.56. The molecular weight excluding hydrogens is 374 g/mol. The molecule has 1 unspecified atom stereocenters. The lowest BCUT2D eigenvalue weighted by Gasteiger charge is -2.33. The van der Waals surface area contributed by atoms with E-state index >= 15 is 0 Å². The molecular formula is C21H25N3O3S. The van der Waals surface area contributed by atoms with E-state index in [0.717, 1.165) is 12.1 Å². The molecule has 7 heteroatoms. The van der Waals surface area contributed by atoms with Gasteiger partial charge in [-0.25, -0.2) is 0 Å². The van der Waals surface area contributed by atoms with Crippen LogP contribution in [0, 0.1) is 11.8 Å². The summed E-state index contributed by atoms with van der Waals surface area (Å²) in [6.07, 6.45) is 0.759. The van der Waals surface area contributed by atoms with Crippen molar-refractivity contribution in [2.45, 2.75) is 39.0 Å². The summed E-state index contributed by atoms with van der Waals surface area (Å²) >= 11 is 0. The van der Waals surface area contributed by atoms with Crippen LogP contribution in [0.25, 0.3) is 0 Å². The molecule has 1 N–H and O–H groups in total. The van der Waals surface area contributed by atoms with Crippen molar-refractivity contribution in [1.82, 2.24) is 0 Å². The van der Waals surface area contributed by atoms with Gasteiger partial charge in [0.25, 0.3) is 10.0 Å². The summed E-state index contributed by atoms with van der Waals surface area (Å²) < 4.78 is 30.0. The van der Waals surface area contributed by atoms with Crippen molar-refractivity contribution in [3.8, 4) is 0 Å². The van der Waals surface area contributed by atoms with Crippen LogP contribution in [0.1, 0.15) is 34.1 Å². The zero-order valence-electron chi connectivity index (χ0n) is 16.5. The molecule has 0 aliphatic carbocycles. The number of carbonyl (C=O) groups excluding carboxylic acids is 1. The van der Waals surface area contributed by atoms with Crippen LogP contribution in [0.4, 0.5) is 17.1 Å². The van der Waals surface area contributed by atoms with Gasteiger partial charge >= 0.3 is 0 Å². The Labute approximate surface area is 166 Å². The summed E-state index contributed by atoms with van der Waals surface area (Å²) in [4.78, 5) is 14.0. The second kappa shape index (κ2) is 7.75. The minimum atomic E-state index is -3.87. The lowest BCUT2D eigenvalue weighted by Crippen LogP contribution is -2.36. The van der Waals surface area contributed by atoms with Gasteiger partial charge in [-0.2, -0.15) is 8.42 Å². The second-order valence-electron chi connectivity index (χ2n) is 7.23. The number of amides is 1. The van der Waals surface area contributed by atoms with Gasteiger partial charge in [-0.3, -0.25) is 9.69 Å². The Hall–Kier alpha value is -2.67. The Morgan fingerprint density at radius 1 is 1.11 bits per heavy atom.